The number of rotatable bonds is 6. The monoisotopic (exact) mass is 426 g/mol. The Bertz CT molecular complexity index is 1180. The maximum atomic E-state index is 13.4. The summed E-state index contributed by atoms with van der Waals surface area (Å²) in [7, 11) is -4.00. The molecule has 0 bridgehead atoms. The van der Waals surface area contributed by atoms with Gasteiger partial charge in [-0.05, 0) is 62.7 Å². The van der Waals surface area contributed by atoms with Gasteiger partial charge in [-0.1, -0.05) is 41.5 Å². The van der Waals surface area contributed by atoms with Gasteiger partial charge >= 0.3 is 0 Å². The molecule has 3 rings (SSSR count). The number of nitrogens with zero attached hydrogens (tertiary/aromatic N) is 1. The number of carbonyl (C=O) groups excluding carboxylic acids is 1. The average molecular weight is 427 g/mol. The first-order chi connectivity index (χ1) is 14.2. The highest BCUT2D eigenvalue weighted by atomic mass is 32.2. The molecule has 0 spiro atoms. The predicted octanol–water partition coefficient (Wildman–Crippen LogP) is 4.58. The van der Waals surface area contributed by atoms with Gasteiger partial charge in [0.2, 0.25) is 5.91 Å². The van der Waals surface area contributed by atoms with Gasteiger partial charge in [-0.3, -0.25) is 9.10 Å². The molecule has 1 N–H and O–H groups in total. The first kappa shape index (κ1) is 21.5. The van der Waals surface area contributed by atoms with E-state index >= 15 is 0 Å². The fourth-order valence-corrected chi connectivity index (χ4v) is 4.61. The Morgan fingerprint density at radius 1 is 0.933 bits per heavy atom. The van der Waals surface area contributed by atoms with Crippen molar-refractivity contribution < 1.29 is 17.6 Å². The summed E-state index contributed by atoms with van der Waals surface area (Å²) >= 11 is 0. The summed E-state index contributed by atoms with van der Waals surface area (Å²) in [4.78, 5) is 12.8. The van der Waals surface area contributed by atoms with Gasteiger partial charge in [0, 0.05) is 5.69 Å². The van der Waals surface area contributed by atoms with Crippen molar-refractivity contribution >= 4 is 27.3 Å². The van der Waals surface area contributed by atoms with Gasteiger partial charge in [0.25, 0.3) is 10.0 Å². The molecule has 0 unspecified atom stereocenters. The molecule has 1 amide bonds. The Balaban J connectivity index is 1.99. The molecule has 0 fully saturated rings. The van der Waals surface area contributed by atoms with Crippen LogP contribution in [0.15, 0.2) is 71.6 Å². The number of amides is 1. The minimum Gasteiger partial charge on any atom is -0.324 e. The van der Waals surface area contributed by atoms with Crippen molar-refractivity contribution in [3.05, 3.63) is 89.2 Å². The van der Waals surface area contributed by atoms with Crippen LogP contribution < -0.4 is 9.62 Å². The fraction of sp³-hybridized carbons (Fsp3) is 0.174. The number of anilines is 2. The van der Waals surface area contributed by atoms with E-state index < -0.39 is 28.3 Å². The number of carbonyl (C=O) groups is 1. The molecule has 7 heteroatoms. The summed E-state index contributed by atoms with van der Waals surface area (Å²) in [5.41, 5.74) is 3.30. The third-order valence-corrected chi connectivity index (χ3v) is 6.40. The van der Waals surface area contributed by atoms with Crippen molar-refractivity contribution in [2.24, 2.45) is 0 Å². The van der Waals surface area contributed by atoms with Crippen LogP contribution in [0.3, 0.4) is 0 Å². The lowest BCUT2D eigenvalue weighted by molar-refractivity contribution is -0.114. The number of hydrogen-bond acceptors (Lipinski definition) is 3. The molecule has 0 aliphatic heterocycles. The van der Waals surface area contributed by atoms with Gasteiger partial charge in [0.1, 0.15) is 12.4 Å². The molecule has 3 aromatic rings. The number of nitrogens with one attached hydrogen (secondary N) is 1. The zero-order chi connectivity index (χ0) is 21.9. The Hall–Kier alpha value is -3.19. The van der Waals surface area contributed by atoms with Crippen LogP contribution in [-0.2, 0) is 14.8 Å². The van der Waals surface area contributed by atoms with E-state index in [2.05, 4.69) is 5.32 Å². The zero-order valence-electron chi connectivity index (χ0n) is 17.0. The molecule has 0 saturated heterocycles. The molecular formula is C23H23FN2O3S. The number of aryl methyl sites for hydroxylation is 3. The minimum absolute atomic E-state index is 0.0895. The molecule has 156 valence electrons. The van der Waals surface area contributed by atoms with Crippen LogP contribution in [-0.4, -0.2) is 20.9 Å². The van der Waals surface area contributed by atoms with Crippen molar-refractivity contribution in [1.29, 1.82) is 0 Å². The standard InChI is InChI=1S/C23H23FN2O3S/c1-16-7-10-21(11-8-16)30(28,29)26(22-12-9-17(2)13-18(22)3)15-23(27)25-20-6-4-5-19(24)14-20/h4-14H,15H2,1-3H3,(H,25,27). The lowest BCUT2D eigenvalue weighted by Crippen LogP contribution is -2.38. The second-order valence-electron chi connectivity index (χ2n) is 7.17. The van der Waals surface area contributed by atoms with Crippen LogP contribution in [0.4, 0.5) is 15.8 Å². The van der Waals surface area contributed by atoms with Gasteiger partial charge in [0.15, 0.2) is 0 Å². The van der Waals surface area contributed by atoms with E-state index in [1.165, 1.54) is 36.4 Å². The van der Waals surface area contributed by atoms with Crippen molar-refractivity contribution in [1.82, 2.24) is 0 Å². The summed E-state index contributed by atoms with van der Waals surface area (Å²) in [5, 5.41) is 2.56. The minimum atomic E-state index is -4.00. The number of hydrogen-bond donors (Lipinski definition) is 1. The number of benzene rings is 3. The largest absolute Gasteiger partial charge is 0.324 e. The van der Waals surface area contributed by atoms with E-state index in [-0.39, 0.29) is 10.6 Å². The maximum Gasteiger partial charge on any atom is 0.264 e. The Kier molecular flexibility index (Phi) is 6.22. The van der Waals surface area contributed by atoms with Crippen LogP contribution in [0.5, 0.6) is 0 Å². The van der Waals surface area contributed by atoms with E-state index in [4.69, 9.17) is 0 Å². The van der Waals surface area contributed by atoms with E-state index in [1.54, 1.807) is 31.2 Å². The van der Waals surface area contributed by atoms with E-state index in [0.717, 1.165) is 21.0 Å². The van der Waals surface area contributed by atoms with Gasteiger partial charge < -0.3 is 5.32 Å². The molecule has 0 aliphatic carbocycles. The maximum absolute atomic E-state index is 13.4. The lowest BCUT2D eigenvalue weighted by atomic mass is 10.1. The van der Waals surface area contributed by atoms with Crippen LogP contribution in [0.25, 0.3) is 0 Å². The first-order valence-electron chi connectivity index (χ1n) is 9.39. The van der Waals surface area contributed by atoms with Gasteiger partial charge in [-0.25, -0.2) is 12.8 Å². The van der Waals surface area contributed by atoms with Crippen LogP contribution in [0.2, 0.25) is 0 Å². The molecule has 30 heavy (non-hydrogen) atoms. The topological polar surface area (TPSA) is 66.5 Å². The summed E-state index contributed by atoms with van der Waals surface area (Å²) < 4.78 is 41.3. The number of sulfonamides is 1. The third kappa shape index (κ3) is 4.86. The smallest absolute Gasteiger partial charge is 0.264 e. The zero-order valence-corrected chi connectivity index (χ0v) is 17.8. The summed E-state index contributed by atoms with van der Waals surface area (Å²) in [5.74, 6) is -1.07. The highest BCUT2D eigenvalue weighted by molar-refractivity contribution is 7.92. The van der Waals surface area contributed by atoms with Gasteiger partial charge in [0.05, 0.1) is 10.6 Å². The van der Waals surface area contributed by atoms with Crippen LogP contribution in [0.1, 0.15) is 16.7 Å². The van der Waals surface area contributed by atoms with Gasteiger partial charge in [-0.2, -0.15) is 0 Å². The molecular weight excluding hydrogens is 403 g/mol. The Labute approximate surface area is 176 Å². The third-order valence-electron chi connectivity index (χ3n) is 4.63. The molecule has 0 heterocycles. The van der Waals surface area contributed by atoms with Crippen LogP contribution >= 0.6 is 0 Å². The summed E-state index contributed by atoms with van der Waals surface area (Å²) in [6, 6.07) is 17.2. The van der Waals surface area contributed by atoms with E-state index in [0.29, 0.717) is 5.69 Å². The molecule has 0 radical (unpaired) electrons. The summed E-state index contributed by atoms with van der Waals surface area (Å²) in [6.07, 6.45) is 0. The summed E-state index contributed by atoms with van der Waals surface area (Å²) in [6.45, 7) is 5.12. The van der Waals surface area contributed by atoms with Crippen molar-refractivity contribution in [2.75, 3.05) is 16.2 Å². The van der Waals surface area contributed by atoms with Crippen molar-refractivity contribution in [3.8, 4) is 0 Å². The fourth-order valence-electron chi connectivity index (χ4n) is 3.12. The average Bonchev–Trinajstić information content (AvgIpc) is 2.67. The normalized spacial score (nSPS) is 11.2. The van der Waals surface area contributed by atoms with Crippen LogP contribution in [0, 0.1) is 26.6 Å². The molecule has 0 atom stereocenters. The number of halogens is 1. The Morgan fingerprint density at radius 2 is 1.60 bits per heavy atom. The van der Waals surface area contributed by atoms with Crippen molar-refractivity contribution in [2.45, 2.75) is 25.7 Å². The predicted molar refractivity (Wildman–Crippen MR) is 117 cm³/mol. The highest BCUT2D eigenvalue weighted by Gasteiger charge is 2.28. The first-order valence-corrected chi connectivity index (χ1v) is 10.8. The molecule has 0 aromatic heterocycles. The second-order valence-corrected chi connectivity index (χ2v) is 9.04. The Morgan fingerprint density at radius 3 is 2.23 bits per heavy atom. The molecule has 5 nitrogen and oxygen atoms in total. The van der Waals surface area contributed by atoms with E-state index in [9.17, 15) is 17.6 Å². The second kappa shape index (κ2) is 8.67. The molecule has 0 saturated carbocycles. The van der Waals surface area contributed by atoms with E-state index in [1.807, 2.05) is 19.9 Å². The highest BCUT2D eigenvalue weighted by Crippen LogP contribution is 2.28. The lowest BCUT2D eigenvalue weighted by Gasteiger charge is -2.26. The molecule has 3 aromatic carbocycles. The molecule has 0 aliphatic rings. The van der Waals surface area contributed by atoms with Crippen molar-refractivity contribution in [3.63, 3.8) is 0 Å². The SMILES string of the molecule is Cc1ccc(S(=O)(=O)N(CC(=O)Nc2cccc(F)c2)c2ccc(C)cc2C)cc1. The van der Waals surface area contributed by atoms with Gasteiger partial charge in [-0.15, -0.1) is 0 Å². The quantitative estimate of drug-likeness (QED) is 0.627.